The van der Waals surface area contributed by atoms with E-state index in [2.05, 4.69) is 32.8 Å². The first-order chi connectivity index (χ1) is 14.2. The molecule has 2 saturated heterocycles. The van der Waals surface area contributed by atoms with Gasteiger partial charge >= 0.3 is 0 Å². The maximum atomic E-state index is 12.2. The molecular weight excluding hydrogens is 364 g/mol. The number of hydrogen-bond acceptors (Lipinski definition) is 5. The number of terminal acetylenes is 1. The summed E-state index contributed by atoms with van der Waals surface area (Å²) in [5.41, 5.74) is 2.13. The number of piperidine rings is 1. The molecule has 2 fully saturated rings. The largest absolute Gasteiger partial charge is 0.481 e. The first kappa shape index (κ1) is 19.5. The first-order valence-electron chi connectivity index (χ1n) is 10.4. The highest BCUT2D eigenvalue weighted by Crippen LogP contribution is 2.27. The van der Waals surface area contributed by atoms with Crippen LogP contribution in [0.25, 0.3) is 0 Å². The van der Waals surface area contributed by atoms with Crippen molar-refractivity contribution in [2.45, 2.75) is 38.1 Å². The van der Waals surface area contributed by atoms with Crippen LogP contribution in [-0.4, -0.2) is 47.7 Å². The van der Waals surface area contributed by atoms with Gasteiger partial charge in [-0.25, -0.2) is 4.98 Å². The number of benzene rings is 1. The van der Waals surface area contributed by atoms with Crippen LogP contribution in [0, 0.1) is 12.3 Å². The molecule has 0 saturated carbocycles. The lowest BCUT2D eigenvalue weighted by molar-refractivity contribution is 0.198. The van der Waals surface area contributed by atoms with Gasteiger partial charge in [-0.15, -0.1) is 6.42 Å². The molecule has 1 unspecified atom stereocenters. The van der Waals surface area contributed by atoms with Gasteiger partial charge in [0.2, 0.25) is 5.95 Å². The predicted molar refractivity (Wildman–Crippen MR) is 114 cm³/mol. The Labute approximate surface area is 171 Å². The molecule has 2 aliphatic heterocycles. The highest BCUT2D eigenvalue weighted by atomic mass is 16.5. The number of aromatic amines is 1. The standard InChI is InChI=1S/C23H28N4O2/c1-2-14-29-20-9-7-18(8-10-20)16-26-11-5-6-19(17-26)21-15-22(28)25-23(24-21)27-12-3-4-13-27/h1,7-10,15,19H,3-6,11-14,16-17H2,(H,24,25,28). The summed E-state index contributed by atoms with van der Waals surface area (Å²) in [6.07, 6.45) is 9.75. The second kappa shape index (κ2) is 9.15. The van der Waals surface area contributed by atoms with Gasteiger partial charge in [0.25, 0.3) is 5.56 Å². The van der Waals surface area contributed by atoms with E-state index in [4.69, 9.17) is 16.1 Å². The monoisotopic (exact) mass is 392 g/mol. The van der Waals surface area contributed by atoms with Gasteiger partial charge in [0.05, 0.1) is 5.69 Å². The van der Waals surface area contributed by atoms with E-state index in [0.29, 0.717) is 5.92 Å². The number of likely N-dealkylation sites (tertiary alicyclic amines) is 1. The fourth-order valence-corrected chi connectivity index (χ4v) is 4.27. The predicted octanol–water partition coefficient (Wildman–Crippen LogP) is 2.76. The Hall–Kier alpha value is -2.78. The molecule has 6 nitrogen and oxygen atoms in total. The Bertz CT molecular complexity index is 910. The maximum absolute atomic E-state index is 12.2. The Morgan fingerprint density at radius 1 is 1.17 bits per heavy atom. The summed E-state index contributed by atoms with van der Waals surface area (Å²) in [6, 6.07) is 9.80. The van der Waals surface area contributed by atoms with Crippen molar-refractivity contribution in [3.63, 3.8) is 0 Å². The molecule has 6 heteroatoms. The zero-order valence-corrected chi connectivity index (χ0v) is 16.8. The number of anilines is 1. The molecule has 152 valence electrons. The third kappa shape index (κ3) is 4.99. The molecule has 0 radical (unpaired) electrons. The van der Waals surface area contributed by atoms with Crippen LogP contribution < -0.4 is 15.2 Å². The molecule has 1 atom stereocenters. The van der Waals surface area contributed by atoms with E-state index in [9.17, 15) is 4.79 Å². The van der Waals surface area contributed by atoms with Crippen molar-refractivity contribution in [2.24, 2.45) is 0 Å². The van der Waals surface area contributed by atoms with Crippen LogP contribution >= 0.6 is 0 Å². The number of aromatic nitrogens is 2. The van der Waals surface area contributed by atoms with E-state index in [1.54, 1.807) is 6.07 Å². The molecule has 1 aromatic heterocycles. The van der Waals surface area contributed by atoms with E-state index in [1.165, 1.54) is 5.56 Å². The molecule has 1 N–H and O–H groups in total. The van der Waals surface area contributed by atoms with Crippen LogP contribution in [-0.2, 0) is 6.54 Å². The molecule has 3 heterocycles. The zero-order chi connectivity index (χ0) is 20.1. The number of rotatable bonds is 6. The molecule has 4 rings (SSSR count). The van der Waals surface area contributed by atoms with Crippen LogP contribution in [0.5, 0.6) is 5.75 Å². The topological polar surface area (TPSA) is 61.5 Å². The molecule has 1 aromatic carbocycles. The normalized spacial score (nSPS) is 19.8. The van der Waals surface area contributed by atoms with Crippen LogP contribution in [0.1, 0.15) is 42.9 Å². The van der Waals surface area contributed by atoms with E-state index in [1.807, 2.05) is 12.1 Å². The Morgan fingerprint density at radius 3 is 2.72 bits per heavy atom. The summed E-state index contributed by atoms with van der Waals surface area (Å²) in [5, 5.41) is 0. The van der Waals surface area contributed by atoms with Crippen LogP contribution in [0.3, 0.4) is 0 Å². The van der Waals surface area contributed by atoms with Gasteiger partial charge in [-0.2, -0.15) is 0 Å². The Balaban J connectivity index is 1.42. The minimum atomic E-state index is -0.0448. The van der Waals surface area contributed by atoms with Gasteiger partial charge in [-0.05, 0) is 49.9 Å². The van der Waals surface area contributed by atoms with Crippen molar-refractivity contribution < 1.29 is 4.74 Å². The summed E-state index contributed by atoms with van der Waals surface area (Å²) in [4.78, 5) is 24.6. The lowest BCUT2D eigenvalue weighted by Gasteiger charge is -2.32. The van der Waals surface area contributed by atoms with Crippen molar-refractivity contribution in [1.82, 2.24) is 14.9 Å². The first-order valence-corrected chi connectivity index (χ1v) is 10.4. The number of nitrogens with zero attached hydrogens (tertiary/aromatic N) is 3. The minimum absolute atomic E-state index is 0.0448. The molecule has 0 spiro atoms. The number of ether oxygens (including phenoxy) is 1. The quantitative estimate of drug-likeness (QED) is 0.766. The summed E-state index contributed by atoms with van der Waals surface area (Å²) in [5.74, 6) is 4.31. The van der Waals surface area contributed by atoms with Crippen LogP contribution in [0.2, 0.25) is 0 Å². The van der Waals surface area contributed by atoms with Gasteiger partial charge in [-0.3, -0.25) is 14.7 Å². The van der Waals surface area contributed by atoms with E-state index in [-0.39, 0.29) is 12.2 Å². The number of hydrogen-bond donors (Lipinski definition) is 1. The van der Waals surface area contributed by atoms with E-state index >= 15 is 0 Å². The molecule has 0 amide bonds. The van der Waals surface area contributed by atoms with Crippen molar-refractivity contribution in [3.05, 3.63) is 51.9 Å². The third-order valence-corrected chi connectivity index (χ3v) is 5.73. The van der Waals surface area contributed by atoms with Gasteiger partial charge < -0.3 is 9.64 Å². The molecule has 0 bridgehead atoms. The molecule has 29 heavy (non-hydrogen) atoms. The third-order valence-electron chi connectivity index (χ3n) is 5.73. The van der Waals surface area contributed by atoms with Gasteiger partial charge in [0, 0.05) is 38.2 Å². The molecule has 0 aliphatic carbocycles. The Morgan fingerprint density at radius 2 is 1.97 bits per heavy atom. The summed E-state index contributed by atoms with van der Waals surface area (Å²) < 4.78 is 5.45. The number of nitrogens with one attached hydrogen (secondary N) is 1. The molecule has 2 aromatic rings. The lowest BCUT2D eigenvalue weighted by atomic mass is 9.94. The fourth-order valence-electron chi connectivity index (χ4n) is 4.27. The average molecular weight is 393 g/mol. The Kier molecular flexibility index (Phi) is 6.16. The smallest absolute Gasteiger partial charge is 0.252 e. The average Bonchev–Trinajstić information content (AvgIpc) is 3.28. The maximum Gasteiger partial charge on any atom is 0.252 e. The summed E-state index contributed by atoms with van der Waals surface area (Å²) in [6.45, 7) is 5.11. The second-order valence-electron chi connectivity index (χ2n) is 7.90. The van der Waals surface area contributed by atoms with E-state index in [0.717, 1.165) is 75.8 Å². The van der Waals surface area contributed by atoms with Crippen LogP contribution in [0.15, 0.2) is 35.1 Å². The SMILES string of the molecule is C#CCOc1ccc(CN2CCCC(c3cc(=O)[nH]c(N4CCCC4)n3)C2)cc1. The van der Waals surface area contributed by atoms with Gasteiger partial charge in [0.1, 0.15) is 12.4 Å². The highest BCUT2D eigenvalue weighted by Gasteiger charge is 2.24. The van der Waals surface area contributed by atoms with E-state index < -0.39 is 0 Å². The lowest BCUT2D eigenvalue weighted by Crippen LogP contribution is -2.35. The van der Waals surface area contributed by atoms with Crippen LogP contribution in [0.4, 0.5) is 5.95 Å². The molecular formula is C23H28N4O2. The molecule has 2 aliphatic rings. The van der Waals surface area contributed by atoms with Crippen molar-refractivity contribution in [2.75, 3.05) is 37.7 Å². The fraction of sp³-hybridized carbons (Fsp3) is 0.478. The van der Waals surface area contributed by atoms with Crippen molar-refractivity contribution >= 4 is 5.95 Å². The second-order valence-corrected chi connectivity index (χ2v) is 7.90. The minimum Gasteiger partial charge on any atom is -0.481 e. The number of H-pyrrole nitrogens is 1. The van der Waals surface area contributed by atoms with Gasteiger partial charge in [-0.1, -0.05) is 18.1 Å². The van der Waals surface area contributed by atoms with Crippen molar-refractivity contribution in [1.29, 1.82) is 0 Å². The van der Waals surface area contributed by atoms with Crippen molar-refractivity contribution in [3.8, 4) is 18.1 Å². The summed E-state index contributed by atoms with van der Waals surface area (Å²) >= 11 is 0. The van der Waals surface area contributed by atoms with Gasteiger partial charge in [0.15, 0.2) is 0 Å². The zero-order valence-electron chi connectivity index (χ0n) is 16.8. The highest BCUT2D eigenvalue weighted by molar-refractivity contribution is 5.32. The summed E-state index contributed by atoms with van der Waals surface area (Å²) in [7, 11) is 0.